The average Bonchev–Trinajstić information content (AvgIpc) is 2.93. The van der Waals surface area contributed by atoms with E-state index in [1.807, 2.05) is 6.08 Å². The lowest BCUT2D eigenvalue weighted by molar-refractivity contribution is 0.0531. The Morgan fingerprint density at radius 1 is 1.23 bits per heavy atom. The van der Waals surface area contributed by atoms with E-state index in [0.717, 1.165) is 27.5 Å². The number of Topliss-reactive ketones (excluding diaryl/α,β-unsaturated/α-hetero) is 1. The molecule has 2 aliphatic rings. The summed E-state index contributed by atoms with van der Waals surface area (Å²) in [6.45, 7) is 2.06. The van der Waals surface area contributed by atoms with Crippen molar-refractivity contribution >= 4 is 34.9 Å². The van der Waals surface area contributed by atoms with E-state index in [0.29, 0.717) is 23.3 Å². The Morgan fingerprint density at radius 2 is 2.03 bits per heavy atom. The van der Waals surface area contributed by atoms with Gasteiger partial charge in [-0.15, -0.1) is 23.1 Å². The Labute approximate surface area is 189 Å². The van der Waals surface area contributed by atoms with Crippen molar-refractivity contribution in [1.29, 1.82) is 0 Å². The van der Waals surface area contributed by atoms with Crippen molar-refractivity contribution in [2.75, 3.05) is 12.4 Å². The lowest BCUT2D eigenvalue weighted by Gasteiger charge is -2.23. The van der Waals surface area contributed by atoms with Gasteiger partial charge in [-0.2, -0.15) is 0 Å². The van der Waals surface area contributed by atoms with E-state index < -0.39 is 0 Å². The van der Waals surface area contributed by atoms with Crippen LogP contribution in [-0.2, 0) is 11.2 Å². The van der Waals surface area contributed by atoms with Gasteiger partial charge in [0.05, 0.1) is 10.8 Å². The molecule has 0 N–H and O–H groups in total. The van der Waals surface area contributed by atoms with Crippen molar-refractivity contribution in [3.63, 3.8) is 0 Å². The molecular formula is C25H23FO3S2. The molecule has 0 radical (unpaired) electrons. The van der Waals surface area contributed by atoms with Gasteiger partial charge in [-0.25, -0.2) is 9.18 Å². The van der Waals surface area contributed by atoms with Gasteiger partial charge in [0.15, 0.2) is 5.78 Å². The molecule has 0 fully saturated rings. The molecule has 0 saturated carbocycles. The number of fused-ring (bicyclic) bond motifs is 1. The lowest BCUT2D eigenvalue weighted by Crippen LogP contribution is -2.20. The van der Waals surface area contributed by atoms with Crippen LogP contribution < -0.4 is 0 Å². The Balaban J connectivity index is 1.66. The number of thiophene rings is 1. The molecule has 1 unspecified atom stereocenters. The van der Waals surface area contributed by atoms with Gasteiger partial charge in [-0.3, -0.25) is 4.79 Å². The van der Waals surface area contributed by atoms with Crippen molar-refractivity contribution in [3.05, 3.63) is 87.6 Å². The third-order valence-corrected chi connectivity index (χ3v) is 7.91. The van der Waals surface area contributed by atoms with Crippen LogP contribution in [0.3, 0.4) is 0 Å². The second kappa shape index (κ2) is 9.79. The van der Waals surface area contributed by atoms with Crippen LogP contribution in [0.5, 0.6) is 0 Å². The van der Waals surface area contributed by atoms with E-state index in [9.17, 15) is 14.0 Å². The quantitative estimate of drug-likeness (QED) is 0.369. The Morgan fingerprint density at radius 3 is 2.81 bits per heavy atom. The molecule has 6 heteroatoms. The van der Waals surface area contributed by atoms with Crippen LogP contribution in [0.1, 0.15) is 56.8 Å². The molecule has 1 aromatic heterocycles. The van der Waals surface area contributed by atoms with Gasteiger partial charge in [-0.1, -0.05) is 42.5 Å². The Bertz CT molecular complexity index is 1080. The highest BCUT2D eigenvalue weighted by Gasteiger charge is 2.35. The zero-order valence-corrected chi connectivity index (χ0v) is 18.9. The highest BCUT2D eigenvalue weighted by molar-refractivity contribution is 8.01. The summed E-state index contributed by atoms with van der Waals surface area (Å²) in [5, 5.41) is 0. The van der Waals surface area contributed by atoms with Crippen molar-refractivity contribution in [3.8, 4) is 0 Å². The van der Waals surface area contributed by atoms with Crippen LogP contribution >= 0.6 is 23.1 Å². The molecule has 1 aromatic carbocycles. The molecule has 3 nitrogen and oxygen atoms in total. The smallest absolute Gasteiger partial charge is 0.348 e. The number of benzene rings is 1. The van der Waals surface area contributed by atoms with Crippen molar-refractivity contribution < 1.29 is 18.7 Å². The summed E-state index contributed by atoms with van der Waals surface area (Å²) < 4.78 is 19.5. The first-order valence-corrected chi connectivity index (χ1v) is 12.1. The standard InChI is InChI=1S/C25H23FO3S2/c1-2-29-24(28)23-20-13-18(17-9-11-19(26)12-10-17)14-21(27)22(20)25(31-23)30-15-16-7-5-3-4-6-8-16/h3,5-12,18H,2,4,13-15H2,1H3. The number of thioether (sulfide) groups is 1. The molecular weight excluding hydrogens is 431 g/mol. The molecule has 4 rings (SSSR count). The van der Waals surface area contributed by atoms with Crippen molar-refractivity contribution in [1.82, 2.24) is 0 Å². The topological polar surface area (TPSA) is 43.4 Å². The molecule has 0 amide bonds. The number of halogens is 1. The highest BCUT2D eigenvalue weighted by atomic mass is 32.2. The number of esters is 1. The van der Waals surface area contributed by atoms with E-state index in [2.05, 4.69) is 24.3 Å². The molecule has 1 atom stereocenters. The van der Waals surface area contributed by atoms with Gasteiger partial charge in [0.2, 0.25) is 0 Å². The van der Waals surface area contributed by atoms with E-state index in [-0.39, 0.29) is 30.1 Å². The van der Waals surface area contributed by atoms with Gasteiger partial charge in [0, 0.05) is 17.7 Å². The number of ketones is 1. The predicted molar refractivity (Wildman–Crippen MR) is 124 cm³/mol. The molecule has 2 aromatic rings. The minimum absolute atomic E-state index is 0.0372. The predicted octanol–water partition coefficient (Wildman–Crippen LogP) is 6.51. The molecule has 160 valence electrons. The van der Waals surface area contributed by atoms with E-state index in [4.69, 9.17) is 4.74 Å². The first-order valence-electron chi connectivity index (χ1n) is 10.3. The molecule has 0 bridgehead atoms. The summed E-state index contributed by atoms with van der Waals surface area (Å²) in [5.41, 5.74) is 3.54. The lowest BCUT2D eigenvalue weighted by atomic mass is 9.80. The fraction of sp³-hybridized carbons (Fsp3) is 0.280. The number of rotatable bonds is 6. The average molecular weight is 455 g/mol. The summed E-state index contributed by atoms with van der Waals surface area (Å²) in [6.07, 6.45) is 12.3. The SMILES string of the molecule is CCOC(=O)c1sc(SCC2=CC=CCC=C2)c2c1CC(c1ccc(F)cc1)CC2=O. The third kappa shape index (κ3) is 4.91. The van der Waals surface area contributed by atoms with Crippen molar-refractivity contribution in [2.24, 2.45) is 0 Å². The van der Waals surface area contributed by atoms with Crippen LogP contribution in [0.25, 0.3) is 0 Å². The zero-order valence-electron chi connectivity index (χ0n) is 17.2. The zero-order chi connectivity index (χ0) is 21.8. The van der Waals surface area contributed by atoms with E-state index in [1.54, 1.807) is 30.8 Å². The van der Waals surface area contributed by atoms with Gasteiger partial charge >= 0.3 is 5.97 Å². The second-order valence-corrected chi connectivity index (χ2v) is 9.73. The van der Waals surface area contributed by atoms with Gasteiger partial charge in [-0.05, 0) is 54.5 Å². The molecule has 0 saturated heterocycles. The first-order chi connectivity index (χ1) is 15.1. The van der Waals surface area contributed by atoms with Crippen LogP contribution in [0.4, 0.5) is 4.39 Å². The summed E-state index contributed by atoms with van der Waals surface area (Å²) >= 11 is 2.96. The molecule has 31 heavy (non-hydrogen) atoms. The number of allylic oxidation sites excluding steroid dienone is 5. The monoisotopic (exact) mass is 454 g/mol. The molecule has 1 heterocycles. The molecule has 0 spiro atoms. The number of carbonyl (C=O) groups excluding carboxylic acids is 2. The highest BCUT2D eigenvalue weighted by Crippen LogP contribution is 2.44. The van der Waals surface area contributed by atoms with E-state index >= 15 is 0 Å². The van der Waals surface area contributed by atoms with Gasteiger partial charge < -0.3 is 4.74 Å². The summed E-state index contributed by atoms with van der Waals surface area (Å²) in [7, 11) is 0. The summed E-state index contributed by atoms with van der Waals surface area (Å²) in [5.74, 6) is 0.0171. The van der Waals surface area contributed by atoms with Gasteiger partial charge in [0.1, 0.15) is 10.7 Å². The van der Waals surface area contributed by atoms with Crippen molar-refractivity contribution in [2.45, 2.75) is 36.3 Å². The number of hydrogen-bond donors (Lipinski definition) is 0. The minimum Gasteiger partial charge on any atom is -0.462 e. The van der Waals surface area contributed by atoms with E-state index in [1.165, 1.54) is 29.0 Å². The number of hydrogen-bond acceptors (Lipinski definition) is 5. The maximum absolute atomic E-state index is 13.3. The van der Waals surface area contributed by atoms with Gasteiger partial charge in [0.25, 0.3) is 0 Å². The third-order valence-electron chi connectivity index (χ3n) is 5.36. The maximum Gasteiger partial charge on any atom is 0.348 e. The largest absolute Gasteiger partial charge is 0.462 e. The second-order valence-electron chi connectivity index (χ2n) is 7.47. The van der Waals surface area contributed by atoms with Crippen LogP contribution in [-0.4, -0.2) is 24.1 Å². The normalized spacial score (nSPS) is 17.8. The summed E-state index contributed by atoms with van der Waals surface area (Å²) in [6, 6.07) is 6.28. The Hall–Kier alpha value is -2.44. The Kier molecular flexibility index (Phi) is 6.88. The molecule has 2 aliphatic carbocycles. The number of ether oxygens (including phenoxy) is 1. The fourth-order valence-corrected chi connectivity index (χ4v) is 6.38. The first kappa shape index (κ1) is 21.8. The van der Waals surface area contributed by atoms with Crippen LogP contribution in [0.15, 0.2) is 64.4 Å². The fourth-order valence-electron chi connectivity index (χ4n) is 3.87. The number of carbonyl (C=O) groups is 2. The molecule has 0 aliphatic heterocycles. The maximum atomic E-state index is 13.3. The summed E-state index contributed by atoms with van der Waals surface area (Å²) in [4.78, 5) is 26.4. The van der Waals surface area contributed by atoms with Crippen LogP contribution in [0.2, 0.25) is 0 Å². The minimum atomic E-state index is -0.375. The van der Waals surface area contributed by atoms with Crippen LogP contribution in [0, 0.1) is 5.82 Å².